The van der Waals surface area contributed by atoms with Crippen LogP contribution in [-0.2, 0) is 5.41 Å². The van der Waals surface area contributed by atoms with Crippen LogP contribution in [0, 0.1) is 23.7 Å². The Morgan fingerprint density at radius 3 is 1.28 bits per heavy atom. The second-order valence-corrected chi connectivity index (χ2v) is 17.8. The van der Waals surface area contributed by atoms with Crippen LogP contribution in [0.15, 0.2) is 206 Å². The molecule has 0 aliphatic heterocycles. The molecule has 12 aromatic rings. The molecular formula is C63H40N2. The molecule has 1 aliphatic rings. The van der Waals surface area contributed by atoms with Crippen molar-refractivity contribution in [2.45, 2.75) is 19.3 Å². The fraction of sp³-hybridized carbons (Fsp3) is 0.0476. The van der Waals surface area contributed by atoms with E-state index >= 15 is 0 Å². The summed E-state index contributed by atoms with van der Waals surface area (Å²) in [5, 5.41) is 10.2. The fourth-order valence-corrected chi connectivity index (χ4v) is 10.6. The molecule has 2 heterocycles. The van der Waals surface area contributed by atoms with E-state index in [2.05, 4.69) is 253 Å². The maximum absolute atomic E-state index is 3.48. The Kier molecular flexibility index (Phi) is 8.11. The van der Waals surface area contributed by atoms with Crippen LogP contribution in [0.1, 0.15) is 47.2 Å². The molecule has 0 atom stereocenters. The van der Waals surface area contributed by atoms with E-state index in [0.717, 1.165) is 27.9 Å². The lowest BCUT2D eigenvalue weighted by Gasteiger charge is -2.22. The van der Waals surface area contributed by atoms with Gasteiger partial charge in [-0.1, -0.05) is 147 Å². The number of benzene rings is 10. The molecule has 302 valence electrons. The van der Waals surface area contributed by atoms with Gasteiger partial charge in [-0.25, -0.2) is 0 Å². The van der Waals surface area contributed by atoms with Gasteiger partial charge in [0.25, 0.3) is 0 Å². The zero-order chi connectivity index (χ0) is 43.2. The Morgan fingerprint density at radius 1 is 0.323 bits per heavy atom. The van der Waals surface area contributed by atoms with Gasteiger partial charge in [0.15, 0.2) is 0 Å². The molecule has 0 amide bonds. The van der Waals surface area contributed by atoms with Gasteiger partial charge < -0.3 is 9.13 Å². The van der Waals surface area contributed by atoms with Gasteiger partial charge in [0.1, 0.15) is 0 Å². The van der Waals surface area contributed by atoms with Crippen LogP contribution in [-0.4, -0.2) is 9.13 Å². The molecule has 13 rings (SSSR count). The number of aromatic nitrogens is 2. The van der Waals surface area contributed by atoms with E-state index in [4.69, 9.17) is 0 Å². The second-order valence-electron chi connectivity index (χ2n) is 17.8. The lowest BCUT2D eigenvalue weighted by atomic mass is 9.82. The van der Waals surface area contributed by atoms with Gasteiger partial charge in [0.05, 0.1) is 22.1 Å². The van der Waals surface area contributed by atoms with Gasteiger partial charge in [0.2, 0.25) is 0 Å². The largest absolute Gasteiger partial charge is 0.309 e. The maximum atomic E-state index is 3.48. The summed E-state index contributed by atoms with van der Waals surface area (Å²) in [6.45, 7) is 4.69. The Labute approximate surface area is 377 Å². The van der Waals surface area contributed by atoms with E-state index < -0.39 is 0 Å². The molecule has 0 N–H and O–H groups in total. The summed E-state index contributed by atoms with van der Waals surface area (Å²) in [5.41, 5.74) is 16.1. The third-order valence-electron chi connectivity index (χ3n) is 13.8. The Balaban J connectivity index is 0.757. The van der Waals surface area contributed by atoms with E-state index in [0.29, 0.717) is 0 Å². The van der Waals surface area contributed by atoms with Crippen molar-refractivity contribution in [3.8, 4) is 46.2 Å². The summed E-state index contributed by atoms with van der Waals surface area (Å²) in [6, 6.07) is 74.4. The summed E-state index contributed by atoms with van der Waals surface area (Å²) in [5.74, 6) is 13.7. The highest BCUT2D eigenvalue weighted by Crippen LogP contribution is 2.50. The fourth-order valence-electron chi connectivity index (χ4n) is 10.6. The van der Waals surface area contributed by atoms with Crippen molar-refractivity contribution < 1.29 is 0 Å². The Hall–Kier alpha value is -8.56. The van der Waals surface area contributed by atoms with Crippen LogP contribution in [0.3, 0.4) is 0 Å². The molecule has 0 unspecified atom stereocenters. The quantitative estimate of drug-likeness (QED) is 0.154. The molecule has 2 heteroatoms. The molecular weight excluding hydrogens is 785 g/mol. The normalized spacial score (nSPS) is 12.6. The molecule has 10 aromatic carbocycles. The van der Waals surface area contributed by atoms with E-state index in [-0.39, 0.29) is 5.41 Å². The molecule has 0 bridgehead atoms. The molecule has 0 saturated heterocycles. The number of nitrogens with zero attached hydrogens (tertiary/aromatic N) is 2. The van der Waals surface area contributed by atoms with Crippen LogP contribution in [0.4, 0.5) is 0 Å². The average molecular weight is 825 g/mol. The van der Waals surface area contributed by atoms with Crippen molar-refractivity contribution in [2.24, 2.45) is 0 Å². The first-order valence-corrected chi connectivity index (χ1v) is 22.3. The minimum absolute atomic E-state index is 0.190. The van der Waals surface area contributed by atoms with Gasteiger partial charge in [0, 0.05) is 60.6 Å². The number of hydrogen-bond donors (Lipinski definition) is 0. The van der Waals surface area contributed by atoms with Crippen molar-refractivity contribution in [1.82, 2.24) is 9.13 Å². The predicted molar refractivity (Wildman–Crippen MR) is 273 cm³/mol. The average Bonchev–Trinajstić information content (AvgIpc) is 3.96. The molecule has 0 fully saturated rings. The zero-order valence-corrected chi connectivity index (χ0v) is 36.0. The molecule has 1 aliphatic carbocycles. The molecule has 2 nitrogen and oxygen atoms in total. The van der Waals surface area contributed by atoms with Crippen molar-refractivity contribution in [3.05, 3.63) is 240 Å². The Morgan fingerprint density at radius 2 is 0.723 bits per heavy atom. The van der Waals surface area contributed by atoms with Crippen LogP contribution in [0.2, 0.25) is 0 Å². The third-order valence-corrected chi connectivity index (χ3v) is 13.8. The number of rotatable bonds is 2. The topological polar surface area (TPSA) is 9.86 Å². The smallest absolute Gasteiger partial charge is 0.0547 e. The minimum atomic E-state index is -0.190. The summed E-state index contributed by atoms with van der Waals surface area (Å²) in [7, 11) is 0. The first kappa shape index (κ1) is 37.0. The van der Waals surface area contributed by atoms with Gasteiger partial charge in [-0.05, 0) is 141 Å². The van der Waals surface area contributed by atoms with E-state index in [1.807, 2.05) is 0 Å². The Bertz CT molecular complexity index is 4080. The highest BCUT2D eigenvalue weighted by Gasteiger charge is 2.36. The zero-order valence-electron chi connectivity index (χ0n) is 36.0. The van der Waals surface area contributed by atoms with Gasteiger partial charge >= 0.3 is 0 Å². The summed E-state index contributed by atoms with van der Waals surface area (Å²) >= 11 is 0. The predicted octanol–water partition coefficient (Wildman–Crippen LogP) is 15.3. The van der Waals surface area contributed by atoms with Crippen molar-refractivity contribution in [2.75, 3.05) is 0 Å². The standard InChI is InChI=1S/C63H40N2/c1-63(2)55-39-44(29-35-51(55)52-36-34-48(40-56(52)63)65-58-18-10-8-16-54(58)62-50-14-6-4-12-46(50)31-38-60(62)65)26-25-42-21-19-41(20-22-42)23-24-43-27-32-47(33-28-43)64-57-17-9-7-15-53(57)61-49-13-5-3-11-45(49)30-37-59(61)64/h3-22,27-40H,1-2H3. The van der Waals surface area contributed by atoms with Crippen LogP contribution < -0.4 is 0 Å². The van der Waals surface area contributed by atoms with Crippen molar-refractivity contribution >= 4 is 65.2 Å². The molecule has 0 spiro atoms. The first-order chi connectivity index (χ1) is 32.0. The summed E-state index contributed by atoms with van der Waals surface area (Å²) < 4.78 is 4.80. The highest BCUT2D eigenvalue weighted by molar-refractivity contribution is 6.22. The van der Waals surface area contributed by atoms with Crippen LogP contribution in [0.5, 0.6) is 0 Å². The third kappa shape index (κ3) is 5.78. The lowest BCUT2D eigenvalue weighted by Crippen LogP contribution is -2.15. The van der Waals surface area contributed by atoms with Crippen molar-refractivity contribution in [1.29, 1.82) is 0 Å². The van der Waals surface area contributed by atoms with Gasteiger partial charge in [-0.15, -0.1) is 0 Å². The number of fused-ring (bicyclic) bond motifs is 13. The van der Waals surface area contributed by atoms with Gasteiger partial charge in [-0.3, -0.25) is 0 Å². The molecule has 65 heavy (non-hydrogen) atoms. The van der Waals surface area contributed by atoms with Crippen LogP contribution >= 0.6 is 0 Å². The van der Waals surface area contributed by atoms with E-state index in [1.165, 1.54) is 93.1 Å². The monoisotopic (exact) mass is 824 g/mol. The molecule has 0 radical (unpaired) electrons. The molecule has 2 aromatic heterocycles. The van der Waals surface area contributed by atoms with E-state index in [9.17, 15) is 0 Å². The van der Waals surface area contributed by atoms with Gasteiger partial charge in [-0.2, -0.15) is 0 Å². The minimum Gasteiger partial charge on any atom is -0.309 e. The SMILES string of the molecule is CC1(C)c2cc(C#Cc3ccc(C#Cc4ccc(-n5c6ccccc6c6c7ccccc7ccc65)cc4)cc3)ccc2-c2ccc(-n3c4ccccc4c4c5ccccc5ccc43)cc21. The number of hydrogen-bond acceptors (Lipinski definition) is 0. The highest BCUT2D eigenvalue weighted by atomic mass is 15.0. The lowest BCUT2D eigenvalue weighted by molar-refractivity contribution is 0.659. The second kappa shape index (κ2) is 14.2. The number of para-hydroxylation sites is 2. The maximum Gasteiger partial charge on any atom is 0.0547 e. The summed E-state index contributed by atoms with van der Waals surface area (Å²) in [4.78, 5) is 0. The van der Waals surface area contributed by atoms with Crippen molar-refractivity contribution in [3.63, 3.8) is 0 Å². The van der Waals surface area contributed by atoms with E-state index in [1.54, 1.807) is 0 Å². The first-order valence-electron chi connectivity index (χ1n) is 22.3. The van der Waals surface area contributed by atoms with Crippen LogP contribution in [0.25, 0.3) is 87.7 Å². The molecule has 0 saturated carbocycles. The summed E-state index contributed by atoms with van der Waals surface area (Å²) in [6.07, 6.45) is 0.